The fourth-order valence-corrected chi connectivity index (χ4v) is 4.70. The van der Waals surface area contributed by atoms with Crippen LogP contribution in [-0.4, -0.2) is 53.0 Å². The highest BCUT2D eigenvalue weighted by Gasteiger charge is 2.44. The lowest BCUT2D eigenvalue weighted by Gasteiger charge is -2.46. The molecule has 1 aromatic heterocycles. The Balaban J connectivity index is 1.79. The molecule has 1 unspecified atom stereocenters. The van der Waals surface area contributed by atoms with E-state index in [-0.39, 0.29) is 0 Å². The molecule has 1 atom stereocenters. The number of ether oxygens (including phenoxy) is 1. The summed E-state index contributed by atoms with van der Waals surface area (Å²) >= 11 is 0. The summed E-state index contributed by atoms with van der Waals surface area (Å²) < 4.78 is 7.97. The van der Waals surface area contributed by atoms with Gasteiger partial charge in [0.25, 0.3) is 0 Å². The van der Waals surface area contributed by atoms with Crippen LogP contribution in [0, 0.1) is 0 Å². The molecular weight excluding hydrogens is 354 g/mol. The first-order chi connectivity index (χ1) is 13.6. The fraction of sp³-hybridized carbons (Fsp3) is 0.364. The maximum absolute atomic E-state index is 11.5. The van der Waals surface area contributed by atoms with E-state index >= 15 is 0 Å². The maximum Gasteiger partial charge on any atom is 0.331 e. The molecule has 3 heterocycles. The van der Waals surface area contributed by atoms with E-state index < -0.39 is 11.5 Å². The second-order valence-electron chi connectivity index (χ2n) is 7.70. The van der Waals surface area contributed by atoms with Gasteiger partial charge in [-0.15, -0.1) is 0 Å². The first-order valence-electron chi connectivity index (χ1n) is 9.69. The lowest BCUT2D eigenvalue weighted by molar-refractivity contribution is -0.141. The van der Waals surface area contributed by atoms with E-state index in [2.05, 4.69) is 64.0 Å². The number of morpholine rings is 1. The van der Waals surface area contributed by atoms with Crippen LogP contribution in [0.15, 0.2) is 47.6 Å². The Morgan fingerprint density at radius 3 is 2.64 bits per heavy atom. The van der Waals surface area contributed by atoms with Gasteiger partial charge < -0.3 is 14.1 Å². The summed E-state index contributed by atoms with van der Waals surface area (Å²) in [5.74, 6) is -0.407. The third kappa shape index (κ3) is 2.48. The second kappa shape index (κ2) is 6.43. The van der Waals surface area contributed by atoms with E-state index in [1.54, 1.807) is 0 Å². The van der Waals surface area contributed by atoms with Gasteiger partial charge in [-0.05, 0) is 13.0 Å². The molecule has 6 nitrogen and oxygen atoms in total. The normalized spacial score (nSPS) is 24.1. The standard InChI is InChI=1S/C22H23N3O3/c1-15(26)28-23-21-18-8-5-7-17-16-6-3-4-9-19(16)25(20(17)18)14-22(21,2)24-10-12-27-13-11-24/h3-9H,10-14H2,1-2H3/b23-21-. The zero-order valence-corrected chi connectivity index (χ0v) is 16.1. The number of carbonyl (C=O) groups excluding carboxylic acids is 1. The number of fused-ring (bicyclic) bond motifs is 3. The lowest BCUT2D eigenvalue weighted by atomic mass is 9.84. The van der Waals surface area contributed by atoms with Gasteiger partial charge in [-0.25, -0.2) is 4.79 Å². The van der Waals surface area contributed by atoms with Gasteiger partial charge in [-0.3, -0.25) is 4.90 Å². The monoisotopic (exact) mass is 377 g/mol. The number of carbonyl (C=O) groups is 1. The van der Waals surface area contributed by atoms with Crippen LogP contribution < -0.4 is 0 Å². The van der Waals surface area contributed by atoms with Gasteiger partial charge in [0.05, 0.1) is 24.3 Å². The average Bonchev–Trinajstić information content (AvgIpc) is 3.03. The quantitative estimate of drug-likeness (QED) is 0.508. The van der Waals surface area contributed by atoms with Crippen LogP contribution >= 0.6 is 0 Å². The predicted octanol–water partition coefficient (Wildman–Crippen LogP) is 3.17. The molecular formula is C22H23N3O3. The molecule has 2 aromatic carbocycles. The summed E-state index contributed by atoms with van der Waals surface area (Å²) in [7, 11) is 0. The van der Waals surface area contributed by atoms with E-state index in [9.17, 15) is 4.79 Å². The Bertz CT molecular complexity index is 1110. The second-order valence-corrected chi connectivity index (χ2v) is 7.70. The molecule has 0 saturated carbocycles. The molecule has 0 aliphatic carbocycles. The largest absolute Gasteiger partial charge is 0.379 e. The van der Waals surface area contributed by atoms with Crippen LogP contribution in [0.5, 0.6) is 0 Å². The number of benzene rings is 2. The zero-order chi connectivity index (χ0) is 19.3. The van der Waals surface area contributed by atoms with Crippen molar-refractivity contribution in [3.63, 3.8) is 0 Å². The maximum atomic E-state index is 11.5. The van der Waals surface area contributed by atoms with Crippen LogP contribution in [-0.2, 0) is 20.9 Å². The van der Waals surface area contributed by atoms with E-state index in [4.69, 9.17) is 9.57 Å². The van der Waals surface area contributed by atoms with Gasteiger partial charge in [0.15, 0.2) is 0 Å². The molecule has 6 heteroatoms. The van der Waals surface area contributed by atoms with Crippen molar-refractivity contribution in [3.8, 4) is 0 Å². The summed E-state index contributed by atoms with van der Waals surface area (Å²) in [5, 5.41) is 6.81. The number of oxime groups is 1. The minimum atomic E-state index is -0.407. The van der Waals surface area contributed by atoms with Crippen molar-refractivity contribution in [1.29, 1.82) is 0 Å². The summed E-state index contributed by atoms with van der Waals surface area (Å²) in [6.45, 7) is 7.35. The molecule has 1 fully saturated rings. The van der Waals surface area contributed by atoms with E-state index in [0.717, 1.165) is 36.4 Å². The Morgan fingerprint density at radius 2 is 1.86 bits per heavy atom. The van der Waals surface area contributed by atoms with Crippen LogP contribution in [0.3, 0.4) is 0 Å². The first-order valence-corrected chi connectivity index (χ1v) is 9.69. The smallest absolute Gasteiger partial charge is 0.331 e. The van der Waals surface area contributed by atoms with Gasteiger partial charge in [0.2, 0.25) is 0 Å². The predicted molar refractivity (Wildman–Crippen MR) is 109 cm³/mol. The molecule has 1 saturated heterocycles. The third-order valence-corrected chi connectivity index (χ3v) is 6.00. The number of hydrogen-bond acceptors (Lipinski definition) is 5. The Morgan fingerprint density at radius 1 is 1.11 bits per heavy atom. The highest BCUT2D eigenvalue weighted by Crippen LogP contribution is 2.39. The molecule has 0 bridgehead atoms. The Kier molecular flexibility index (Phi) is 4.00. The van der Waals surface area contributed by atoms with Crippen molar-refractivity contribution >= 4 is 33.5 Å². The SMILES string of the molecule is CC(=O)O/N=C1/c2cccc3c4ccccc4n(c23)CC1(C)N1CCOCC1. The molecule has 3 aromatic rings. The highest BCUT2D eigenvalue weighted by molar-refractivity contribution is 6.21. The van der Waals surface area contributed by atoms with Gasteiger partial charge in [-0.2, -0.15) is 0 Å². The summed E-state index contributed by atoms with van der Waals surface area (Å²) in [4.78, 5) is 19.1. The molecule has 0 spiro atoms. The zero-order valence-electron chi connectivity index (χ0n) is 16.1. The Hall–Kier alpha value is -2.70. The lowest BCUT2D eigenvalue weighted by Crippen LogP contribution is -2.60. The van der Waals surface area contributed by atoms with Crippen molar-refractivity contribution in [2.24, 2.45) is 5.16 Å². The third-order valence-electron chi connectivity index (χ3n) is 6.00. The summed E-state index contributed by atoms with van der Waals surface area (Å²) in [6, 6.07) is 14.8. The molecule has 0 radical (unpaired) electrons. The van der Waals surface area contributed by atoms with Crippen molar-refractivity contribution in [1.82, 2.24) is 9.47 Å². The Labute approximate surface area is 163 Å². The van der Waals surface area contributed by atoms with Crippen LogP contribution in [0.25, 0.3) is 21.8 Å². The number of hydrogen-bond donors (Lipinski definition) is 0. The number of rotatable bonds is 2. The fourth-order valence-electron chi connectivity index (χ4n) is 4.70. The van der Waals surface area contributed by atoms with Crippen molar-refractivity contribution < 1.29 is 14.4 Å². The molecule has 0 amide bonds. The topological polar surface area (TPSA) is 56.1 Å². The van der Waals surface area contributed by atoms with E-state index in [1.165, 1.54) is 23.2 Å². The molecule has 28 heavy (non-hydrogen) atoms. The van der Waals surface area contributed by atoms with Gasteiger partial charge in [0.1, 0.15) is 5.71 Å². The molecule has 0 N–H and O–H groups in total. The summed E-state index contributed by atoms with van der Waals surface area (Å²) in [5.41, 5.74) is 3.81. The molecule has 144 valence electrons. The van der Waals surface area contributed by atoms with Crippen LogP contribution in [0.1, 0.15) is 19.4 Å². The molecule has 2 aliphatic heterocycles. The van der Waals surface area contributed by atoms with Crippen LogP contribution in [0.2, 0.25) is 0 Å². The number of para-hydroxylation sites is 2. The highest BCUT2D eigenvalue weighted by atomic mass is 16.7. The summed E-state index contributed by atoms with van der Waals surface area (Å²) in [6.07, 6.45) is 0. The minimum Gasteiger partial charge on any atom is -0.379 e. The molecule has 5 rings (SSSR count). The average molecular weight is 377 g/mol. The van der Waals surface area contributed by atoms with Gasteiger partial charge in [0, 0.05) is 48.4 Å². The van der Waals surface area contributed by atoms with Crippen LogP contribution in [0.4, 0.5) is 0 Å². The first kappa shape index (κ1) is 17.4. The van der Waals surface area contributed by atoms with E-state index in [1.807, 2.05) is 0 Å². The van der Waals surface area contributed by atoms with Crippen molar-refractivity contribution in [2.45, 2.75) is 25.9 Å². The number of nitrogens with zero attached hydrogens (tertiary/aromatic N) is 3. The molecule has 2 aliphatic rings. The van der Waals surface area contributed by atoms with Gasteiger partial charge >= 0.3 is 5.97 Å². The number of aromatic nitrogens is 1. The van der Waals surface area contributed by atoms with E-state index in [0.29, 0.717) is 13.2 Å². The van der Waals surface area contributed by atoms with Crippen molar-refractivity contribution in [2.75, 3.05) is 26.3 Å². The minimum absolute atomic E-state index is 0.400. The van der Waals surface area contributed by atoms with Crippen molar-refractivity contribution in [3.05, 3.63) is 48.0 Å². The van der Waals surface area contributed by atoms with Gasteiger partial charge in [-0.1, -0.05) is 41.6 Å².